The summed E-state index contributed by atoms with van der Waals surface area (Å²) in [6, 6.07) is 17.0. The van der Waals surface area contributed by atoms with E-state index in [1.54, 1.807) is 24.3 Å². The Hall–Kier alpha value is -2.95. The maximum absolute atomic E-state index is 13.4. The minimum absolute atomic E-state index is 0.0795. The Bertz CT molecular complexity index is 1010. The smallest absolute Gasteiger partial charge is 0.338 e. The molecule has 3 aliphatic rings. The van der Waals surface area contributed by atoms with Crippen LogP contribution in [0.2, 0.25) is 0 Å². The second-order valence-corrected chi connectivity index (χ2v) is 9.52. The van der Waals surface area contributed by atoms with Crippen LogP contribution in [0, 0.1) is 29.6 Å². The van der Waals surface area contributed by atoms with Crippen molar-refractivity contribution in [2.45, 2.75) is 32.6 Å². The zero-order valence-electron chi connectivity index (χ0n) is 17.9. The molecule has 2 aliphatic carbocycles. The van der Waals surface area contributed by atoms with Gasteiger partial charge in [0.1, 0.15) is 0 Å². The average molecular weight is 418 g/mol. The maximum Gasteiger partial charge on any atom is 0.338 e. The molecule has 2 amide bonds. The number of carbonyl (C=O) groups is 3. The molecule has 31 heavy (non-hydrogen) atoms. The Balaban J connectivity index is 1.35. The lowest BCUT2D eigenvalue weighted by Crippen LogP contribution is -2.33. The van der Waals surface area contributed by atoms with Gasteiger partial charge >= 0.3 is 5.97 Å². The first-order valence-corrected chi connectivity index (χ1v) is 11.2. The molecule has 5 atom stereocenters. The van der Waals surface area contributed by atoms with Crippen molar-refractivity contribution in [3.8, 4) is 0 Å². The van der Waals surface area contributed by atoms with E-state index in [0.29, 0.717) is 23.8 Å². The van der Waals surface area contributed by atoms with E-state index in [-0.39, 0.29) is 47.4 Å². The van der Waals surface area contributed by atoms with Crippen molar-refractivity contribution in [1.29, 1.82) is 0 Å². The number of carbonyl (C=O) groups excluding carboxylic acids is 3. The number of ether oxygens (including phenoxy) is 1. The van der Waals surface area contributed by atoms with E-state index in [9.17, 15) is 14.4 Å². The van der Waals surface area contributed by atoms with Crippen LogP contribution in [-0.4, -0.2) is 24.4 Å². The molecule has 0 radical (unpaired) electrons. The molecular weight excluding hydrogens is 390 g/mol. The van der Waals surface area contributed by atoms with E-state index in [2.05, 4.69) is 12.1 Å². The molecule has 5 unspecified atom stereocenters. The summed E-state index contributed by atoms with van der Waals surface area (Å²) in [5, 5.41) is 0. The number of hydrogen-bond acceptors (Lipinski definition) is 4. The third-order valence-corrected chi connectivity index (χ3v) is 7.15. The van der Waals surface area contributed by atoms with Gasteiger partial charge in [0, 0.05) is 0 Å². The lowest BCUT2D eigenvalue weighted by Gasteiger charge is -2.28. The molecule has 160 valence electrons. The van der Waals surface area contributed by atoms with Gasteiger partial charge in [-0.25, -0.2) is 4.79 Å². The summed E-state index contributed by atoms with van der Waals surface area (Å²) in [5.74, 6) is 0.124. The van der Waals surface area contributed by atoms with Gasteiger partial charge in [0.15, 0.2) is 0 Å². The number of imide groups is 1. The number of fused-ring (bicyclic) bond motifs is 5. The summed E-state index contributed by atoms with van der Waals surface area (Å²) in [6.45, 7) is 4.32. The number of esters is 1. The van der Waals surface area contributed by atoms with E-state index < -0.39 is 0 Å². The Labute approximate surface area is 182 Å². The Morgan fingerprint density at radius 2 is 1.65 bits per heavy atom. The molecule has 1 saturated heterocycles. The average Bonchev–Trinajstić information content (AvgIpc) is 3.44. The first-order chi connectivity index (χ1) is 15.0. The standard InChI is InChI=1S/C26H27NO4/c1-15(2)14-31-26(30)17-8-10-19(11-9-17)27-24(28)22-18-12-20(16-6-4-3-5-7-16)21(13-18)23(22)25(27)29/h3-11,15,18,20-23H,12-14H2,1-2H3. The number of anilines is 1. The van der Waals surface area contributed by atoms with Gasteiger partial charge in [0.25, 0.3) is 0 Å². The zero-order chi connectivity index (χ0) is 21.7. The largest absolute Gasteiger partial charge is 0.462 e. The quantitative estimate of drug-likeness (QED) is 0.533. The second kappa shape index (κ2) is 7.63. The highest BCUT2D eigenvalue weighted by atomic mass is 16.5. The molecular formula is C26H27NO4. The van der Waals surface area contributed by atoms with Crippen LogP contribution in [0.4, 0.5) is 5.69 Å². The van der Waals surface area contributed by atoms with Gasteiger partial charge < -0.3 is 4.74 Å². The Morgan fingerprint density at radius 1 is 0.968 bits per heavy atom. The maximum atomic E-state index is 13.4. The van der Waals surface area contributed by atoms with Crippen LogP contribution in [0.5, 0.6) is 0 Å². The summed E-state index contributed by atoms with van der Waals surface area (Å²) in [6.07, 6.45) is 1.93. The molecule has 2 aromatic rings. The third-order valence-electron chi connectivity index (χ3n) is 7.15. The van der Waals surface area contributed by atoms with E-state index in [1.165, 1.54) is 10.5 Å². The second-order valence-electron chi connectivity index (χ2n) is 9.52. The van der Waals surface area contributed by atoms with Crippen LogP contribution in [0.25, 0.3) is 0 Å². The molecule has 3 fully saturated rings. The van der Waals surface area contributed by atoms with Gasteiger partial charge in [-0.15, -0.1) is 0 Å². The van der Waals surface area contributed by atoms with Gasteiger partial charge in [-0.2, -0.15) is 0 Å². The fraction of sp³-hybridized carbons (Fsp3) is 0.423. The number of nitrogens with zero attached hydrogens (tertiary/aromatic N) is 1. The number of benzene rings is 2. The molecule has 2 saturated carbocycles. The van der Waals surface area contributed by atoms with Gasteiger partial charge in [0.05, 0.1) is 29.7 Å². The van der Waals surface area contributed by atoms with Gasteiger partial charge in [-0.3, -0.25) is 14.5 Å². The molecule has 0 spiro atoms. The predicted molar refractivity (Wildman–Crippen MR) is 116 cm³/mol. The van der Waals surface area contributed by atoms with E-state index in [1.807, 2.05) is 32.0 Å². The molecule has 5 rings (SSSR count). The lowest BCUT2D eigenvalue weighted by molar-refractivity contribution is -0.123. The van der Waals surface area contributed by atoms with Crippen molar-refractivity contribution in [3.05, 3.63) is 65.7 Å². The molecule has 2 bridgehead atoms. The number of rotatable bonds is 5. The summed E-state index contributed by atoms with van der Waals surface area (Å²) in [5.41, 5.74) is 2.24. The molecule has 1 aliphatic heterocycles. The van der Waals surface area contributed by atoms with Crippen molar-refractivity contribution in [1.82, 2.24) is 0 Å². The molecule has 5 nitrogen and oxygen atoms in total. The first kappa shape index (κ1) is 20.0. The van der Waals surface area contributed by atoms with Gasteiger partial charge in [-0.1, -0.05) is 44.2 Å². The Morgan fingerprint density at radius 3 is 2.32 bits per heavy atom. The van der Waals surface area contributed by atoms with Crippen molar-refractivity contribution >= 4 is 23.5 Å². The molecule has 0 N–H and O–H groups in total. The highest BCUT2D eigenvalue weighted by Gasteiger charge is 2.64. The van der Waals surface area contributed by atoms with Crippen LogP contribution in [0.3, 0.4) is 0 Å². The topological polar surface area (TPSA) is 63.7 Å². The highest BCUT2D eigenvalue weighted by molar-refractivity contribution is 6.22. The van der Waals surface area contributed by atoms with E-state index in [4.69, 9.17) is 4.74 Å². The molecule has 2 aromatic carbocycles. The predicted octanol–water partition coefficient (Wildman–Crippen LogP) is 4.43. The summed E-state index contributed by atoms with van der Waals surface area (Å²) in [7, 11) is 0. The van der Waals surface area contributed by atoms with E-state index in [0.717, 1.165) is 12.8 Å². The summed E-state index contributed by atoms with van der Waals surface area (Å²) in [4.78, 5) is 40.1. The lowest BCUT2D eigenvalue weighted by atomic mass is 9.73. The molecule has 5 heteroatoms. The van der Waals surface area contributed by atoms with Gasteiger partial charge in [0.2, 0.25) is 11.8 Å². The minimum Gasteiger partial charge on any atom is -0.462 e. The van der Waals surface area contributed by atoms with Crippen molar-refractivity contribution in [2.75, 3.05) is 11.5 Å². The third kappa shape index (κ3) is 3.27. The van der Waals surface area contributed by atoms with Crippen LogP contribution < -0.4 is 4.90 Å². The van der Waals surface area contributed by atoms with Crippen LogP contribution in [0.15, 0.2) is 54.6 Å². The summed E-state index contributed by atoms with van der Waals surface area (Å²) >= 11 is 0. The minimum atomic E-state index is -0.389. The van der Waals surface area contributed by atoms with Crippen LogP contribution in [0.1, 0.15) is 48.5 Å². The number of amides is 2. The highest BCUT2D eigenvalue weighted by Crippen LogP contribution is 2.61. The number of hydrogen-bond donors (Lipinski definition) is 0. The fourth-order valence-corrected chi connectivity index (χ4v) is 5.87. The Kier molecular flexibility index (Phi) is 4.92. The van der Waals surface area contributed by atoms with Crippen molar-refractivity contribution < 1.29 is 19.1 Å². The monoisotopic (exact) mass is 417 g/mol. The molecule has 0 aromatic heterocycles. The van der Waals surface area contributed by atoms with Crippen molar-refractivity contribution in [2.24, 2.45) is 29.6 Å². The zero-order valence-corrected chi connectivity index (χ0v) is 17.9. The normalized spacial score (nSPS) is 29.0. The molecule has 1 heterocycles. The van der Waals surface area contributed by atoms with Gasteiger partial charge in [-0.05, 0) is 66.3 Å². The first-order valence-electron chi connectivity index (χ1n) is 11.2. The fourth-order valence-electron chi connectivity index (χ4n) is 5.87. The van der Waals surface area contributed by atoms with Crippen LogP contribution in [-0.2, 0) is 14.3 Å². The van der Waals surface area contributed by atoms with Crippen molar-refractivity contribution in [3.63, 3.8) is 0 Å². The summed E-state index contributed by atoms with van der Waals surface area (Å²) < 4.78 is 5.26. The SMILES string of the molecule is CC(C)COC(=O)c1ccc(N2C(=O)C3C4CC(c5ccccc5)C(C4)C3C2=O)cc1. The van der Waals surface area contributed by atoms with E-state index >= 15 is 0 Å². The van der Waals surface area contributed by atoms with Crippen LogP contribution >= 0.6 is 0 Å².